The molecule has 108 valence electrons. The van der Waals surface area contributed by atoms with E-state index in [9.17, 15) is 9.59 Å². The van der Waals surface area contributed by atoms with Crippen LogP contribution >= 0.6 is 11.6 Å². The molecule has 1 aromatic rings. The van der Waals surface area contributed by atoms with Crippen molar-refractivity contribution in [1.29, 1.82) is 0 Å². The normalized spacial score (nSPS) is 11.1. The standard InChI is InChI=1S/C14H18ClN3O2/c1-3-4-5-10(2)17-18-14(20)13(19)16-12-8-6-11(15)7-9-12/h6-9H,3-5H2,1-2H3,(H,16,19)(H,18,20)/b17-10+. The topological polar surface area (TPSA) is 70.6 Å². The lowest BCUT2D eigenvalue weighted by Crippen LogP contribution is -2.32. The molecule has 0 heterocycles. The Bertz CT molecular complexity index is 498. The van der Waals surface area contributed by atoms with Crippen molar-refractivity contribution < 1.29 is 9.59 Å². The third kappa shape index (κ3) is 5.84. The van der Waals surface area contributed by atoms with Crippen LogP contribution in [0.4, 0.5) is 5.69 Å². The summed E-state index contributed by atoms with van der Waals surface area (Å²) >= 11 is 5.73. The molecular weight excluding hydrogens is 278 g/mol. The monoisotopic (exact) mass is 295 g/mol. The quantitative estimate of drug-likeness (QED) is 0.498. The van der Waals surface area contributed by atoms with Gasteiger partial charge in [-0.1, -0.05) is 24.9 Å². The Morgan fingerprint density at radius 1 is 1.20 bits per heavy atom. The summed E-state index contributed by atoms with van der Waals surface area (Å²) in [6.07, 6.45) is 2.86. The zero-order valence-electron chi connectivity index (χ0n) is 11.6. The second-order valence-corrected chi connectivity index (χ2v) is 4.79. The highest BCUT2D eigenvalue weighted by molar-refractivity contribution is 6.39. The van der Waals surface area contributed by atoms with Crippen LogP contribution in [-0.2, 0) is 9.59 Å². The number of nitrogens with one attached hydrogen (secondary N) is 2. The van der Waals surface area contributed by atoms with Crippen molar-refractivity contribution in [3.05, 3.63) is 29.3 Å². The SMILES string of the molecule is CCCC/C(C)=N/NC(=O)C(=O)Nc1ccc(Cl)cc1. The van der Waals surface area contributed by atoms with Crippen molar-refractivity contribution in [2.75, 3.05) is 5.32 Å². The first-order valence-corrected chi connectivity index (χ1v) is 6.80. The van der Waals surface area contributed by atoms with E-state index in [4.69, 9.17) is 11.6 Å². The molecule has 5 nitrogen and oxygen atoms in total. The van der Waals surface area contributed by atoms with E-state index in [0.29, 0.717) is 10.7 Å². The number of benzene rings is 1. The maximum atomic E-state index is 11.6. The Morgan fingerprint density at radius 3 is 2.45 bits per heavy atom. The number of nitrogens with zero attached hydrogens (tertiary/aromatic N) is 1. The van der Waals surface area contributed by atoms with Crippen LogP contribution < -0.4 is 10.7 Å². The number of carbonyl (C=O) groups is 2. The van der Waals surface area contributed by atoms with Gasteiger partial charge in [0.05, 0.1) is 0 Å². The second-order valence-electron chi connectivity index (χ2n) is 4.35. The van der Waals surface area contributed by atoms with Gasteiger partial charge in [-0.15, -0.1) is 0 Å². The summed E-state index contributed by atoms with van der Waals surface area (Å²) in [5, 5.41) is 6.89. The van der Waals surface area contributed by atoms with Crippen LogP contribution in [-0.4, -0.2) is 17.5 Å². The number of hydrogen-bond donors (Lipinski definition) is 2. The number of hydrazone groups is 1. The average Bonchev–Trinajstić information content (AvgIpc) is 2.44. The average molecular weight is 296 g/mol. The van der Waals surface area contributed by atoms with Crippen LogP contribution in [0.15, 0.2) is 29.4 Å². The Hall–Kier alpha value is -1.88. The molecule has 0 saturated carbocycles. The van der Waals surface area contributed by atoms with Crippen LogP contribution in [0.5, 0.6) is 0 Å². The molecule has 0 bridgehead atoms. The summed E-state index contributed by atoms with van der Waals surface area (Å²) in [6, 6.07) is 6.48. The fraction of sp³-hybridized carbons (Fsp3) is 0.357. The molecule has 2 amide bonds. The van der Waals surface area contributed by atoms with Gasteiger partial charge < -0.3 is 5.32 Å². The summed E-state index contributed by atoms with van der Waals surface area (Å²) in [5.74, 6) is -1.56. The fourth-order valence-electron chi connectivity index (χ4n) is 1.41. The molecule has 0 aliphatic heterocycles. The Labute approximate surface area is 123 Å². The van der Waals surface area contributed by atoms with Crippen molar-refractivity contribution >= 4 is 34.8 Å². The maximum absolute atomic E-state index is 11.6. The Kier molecular flexibility index (Phi) is 6.73. The van der Waals surface area contributed by atoms with Gasteiger partial charge in [0.15, 0.2) is 0 Å². The number of carbonyl (C=O) groups excluding carboxylic acids is 2. The van der Waals surface area contributed by atoms with Gasteiger partial charge in [-0.25, -0.2) is 5.43 Å². The lowest BCUT2D eigenvalue weighted by molar-refractivity contribution is -0.136. The molecular formula is C14H18ClN3O2. The lowest BCUT2D eigenvalue weighted by atomic mass is 10.2. The van der Waals surface area contributed by atoms with E-state index in [2.05, 4.69) is 22.8 Å². The molecule has 0 aromatic heterocycles. The van der Waals surface area contributed by atoms with Crippen molar-refractivity contribution in [3.63, 3.8) is 0 Å². The van der Waals surface area contributed by atoms with Gasteiger partial charge in [0, 0.05) is 16.4 Å². The van der Waals surface area contributed by atoms with Gasteiger partial charge in [-0.2, -0.15) is 5.10 Å². The van der Waals surface area contributed by atoms with Gasteiger partial charge in [0.1, 0.15) is 0 Å². The van der Waals surface area contributed by atoms with E-state index in [1.807, 2.05) is 6.92 Å². The third-order valence-corrected chi connectivity index (χ3v) is 2.80. The van der Waals surface area contributed by atoms with Crippen molar-refractivity contribution in [2.24, 2.45) is 5.10 Å². The first-order valence-electron chi connectivity index (χ1n) is 6.43. The Morgan fingerprint density at radius 2 is 1.85 bits per heavy atom. The molecule has 0 saturated heterocycles. The van der Waals surface area contributed by atoms with Crippen molar-refractivity contribution in [1.82, 2.24) is 5.43 Å². The molecule has 1 rings (SSSR count). The molecule has 0 fully saturated rings. The van der Waals surface area contributed by atoms with Crippen molar-refractivity contribution in [3.8, 4) is 0 Å². The smallest absolute Gasteiger partial charge is 0.318 e. The summed E-state index contributed by atoms with van der Waals surface area (Å²) in [5.41, 5.74) is 3.53. The minimum Gasteiger partial charge on any atom is -0.318 e. The van der Waals surface area contributed by atoms with Crippen LogP contribution in [0.2, 0.25) is 5.02 Å². The molecule has 0 aliphatic carbocycles. The van der Waals surface area contributed by atoms with E-state index in [0.717, 1.165) is 25.0 Å². The third-order valence-electron chi connectivity index (χ3n) is 2.55. The number of amides is 2. The first kappa shape index (κ1) is 16.2. The van der Waals surface area contributed by atoms with E-state index in [1.54, 1.807) is 24.3 Å². The maximum Gasteiger partial charge on any atom is 0.329 e. The highest BCUT2D eigenvalue weighted by Gasteiger charge is 2.12. The second kappa shape index (κ2) is 8.32. The lowest BCUT2D eigenvalue weighted by Gasteiger charge is -2.04. The number of rotatable bonds is 5. The number of unbranched alkanes of at least 4 members (excludes halogenated alkanes) is 1. The van der Waals surface area contributed by atoms with Crippen LogP contribution in [0.1, 0.15) is 33.1 Å². The molecule has 1 aromatic carbocycles. The van der Waals surface area contributed by atoms with Crippen LogP contribution in [0.3, 0.4) is 0 Å². The summed E-state index contributed by atoms with van der Waals surface area (Å²) < 4.78 is 0. The summed E-state index contributed by atoms with van der Waals surface area (Å²) in [6.45, 7) is 3.89. The number of anilines is 1. The molecule has 0 atom stereocenters. The predicted molar refractivity (Wildman–Crippen MR) is 80.9 cm³/mol. The summed E-state index contributed by atoms with van der Waals surface area (Å²) in [4.78, 5) is 23.1. The molecule has 0 radical (unpaired) electrons. The molecule has 0 spiro atoms. The molecule has 0 aliphatic rings. The van der Waals surface area contributed by atoms with Gasteiger partial charge in [0.25, 0.3) is 0 Å². The highest BCUT2D eigenvalue weighted by Crippen LogP contribution is 2.13. The zero-order chi connectivity index (χ0) is 15.0. The van der Waals surface area contributed by atoms with E-state index in [-0.39, 0.29) is 0 Å². The first-order chi connectivity index (χ1) is 9.52. The number of halogens is 1. The number of hydrogen-bond acceptors (Lipinski definition) is 3. The molecule has 0 unspecified atom stereocenters. The van der Waals surface area contributed by atoms with E-state index < -0.39 is 11.8 Å². The van der Waals surface area contributed by atoms with Gasteiger partial charge in [-0.05, 0) is 44.0 Å². The molecule has 6 heteroatoms. The van der Waals surface area contributed by atoms with Crippen LogP contribution in [0, 0.1) is 0 Å². The minimum atomic E-state index is -0.796. The van der Waals surface area contributed by atoms with Crippen LogP contribution in [0.25, 0.3) is 0 Å². The highest BCUT2D eigenvalue weighted by atomic mass is 35.5. The summed E-state index contributed by atoms with van der Waals surface area (Å²) in [7, 11) is 0. The van der Waals surface area contributed by atoms with Gasteiger partial charge in [0.2, 0.25) is 0 Å². The van der Waals surface area contributed by atoms with E-state index in [1.165, 1.54) is 0 Å². The van der Waals surface area contributed by atoms with Crippen molar-refractivity contribution in [2.45, 2.75) is 33.1 Å². The Balaban J connectivity index is 2.47. The predicted octanol–water partition coefficient (Wildman–Crippen LogP) is 2.96. The van der Waals surface area contributed by atoms with E-state index >= 15 is 0 Å². The van der Waals surface area contributed by atoms with Gasteiger partial charge in [-0.3, -0.25) is 9.59 Å². The van der Waals surface area contributed by atoms with Gasteiger partial charge >= 0.3 is 11.8 Å². The fourth-order valence-corrected chi connectivity index (χ4v) is 1.53. The molecule has 20 heavy (non-hydrogen) atoms. The largest absolute Gasteiger partial charge is 0.329 e. The zero-order valence-corrected chi connectivity index (χ0v) is 12.3. The molecule has 2 N–H and O–H groups in total. The minimum absolute atomic E-state index is 0.501.